The molecular weight excluding hydrogens is 382 g/mol. The smallest absolute Gasteiger partial charge is 0.340 e. The topological polar surface area (TPSA) is 51.7 Å². The van der Waals surface area contributed by atoms with Gasteiger partial charge in [-0.3, -0.25) is 0 Å². The number of esters is 1. The minimum absolute atomic E-state index is 0.0978. The molecule has 138 valence electrons. The first-order valence-corrected chi connectivity index (χ1v) is 8.84. The Hall–Kier alpha value is -2.05. The van der Waals surface area contributed by atoms with Gasteiger partial charge in [0.2, 0.25) is 0 Å². The number of rotatable bonds is 4. The monoisotopic (exact) mass is 398 g/mol. The molecule has 0 spiro atoms. The molecule has 0 atom stereocenters. The van der Waals surface area contributed by atoms with Crippen molar-refractivity contribution in [2.24, 2.45) is 0 Å². The van der Waals surface area contributed by atoms with E-state index in [0.29, 0.717) is 5.02 Å². The second-order valence-corrected chi connectivity index (χ2v) is 6.74. The number of methoxy groups -OCH3 is 1. The van der Waals surface area contributed by atoms with Crippen molar-refractivity contribution in [3.63, 3.8) is 0 Å². The van der Waals surface area contributed by atoms with Crippen LogP contribution in [0.15, 0.2) is 30.5 Å². The first-order valence-electron chi connectivity index (χ1n) is 8.08. The first-order chi connectivity index (χ1) is 12.5. The van der Waals surface area contributed by atoms with E-state index in [1.54, 1.807) is 12.3 Å². The summed E-state index contributed by atoms with van der Waals surface area (Å²) in [5.74, 6) is -0.419. The van der Waals surface area contributed by atoms with Gasteiger partial charge in [0.05, 0.1) is 22.7 Å². The largest absolute Gasteiger partial charge is 0.489 e. The number of carbonyl (C=O) groups is 1. The van der Waals surface area contributed by atoms with Gasteiger partial charge >= 0.3 is 5.97 Å². The van der Waals surface area contributed by atoms with Crippen LogP contribution in [0.1, 0.15) is 23.2 Å². The molecule has 1 aliphatic rings. The summed E-state index contributed by atoms with van der Waals surface area (Å²) < 4.78 is 24.4. The highest BCUT2D eigenvalue weighted by molar-refractivity contribution is 6.32. The van der Waals surface area contributed by atoms with Crippen LogP contribution in [0.2, 0.25) is 10.0 Å². The molecule has 0 radical (unpaired) electrons. The lowest BCUT2D eigenvalue weighted by Crippen LogP contribution is -2.38. The maximum absolute atomic E-state index is 14.1. The lowest BCUT2D eigenvalue weighted by Gasteiger charge is -2.33. The third-order valence-corrected chi connectivity index (χ3v) is 4.72. The van der Waals surface area contributed by atoms with Gasteiger partial charge in [0, 0.05) is 38.2 Å². The quantitative estimate of drug-likeness (QED) is 0.715. The predicted octanol–water partition coefficient (Wildman–Crippen LogP) is 4.36. The molecule has 1 fully saturated rings. The molecule has 26 heavy (non-hydrogen) atoms. The normalized spacial score (nSPS) is 15.0. The molecule has 2 heterocycles. The molecule has 0 unspecified atom stereocenters. The number of aromatic nitrogens is 1. The van der Waals surface area contributed by atoms with Crippen LogP contribution >= 0.6 is 23.2 Å². The van der Waals surface area contributed by atoms with Crippen LogP contribution in [-0.4, -0.2) is 37.3 Å². The highest BCUT2D eigenvalue weighted by Gasteiger charge is 2.23. The fourth-order valence-corrected chi connectivity index (χ4v) is 3.14. The highest BCUT2D eigenvalue weighted by Crippen LogP contribution is 2.31. The second-order valence-electron chi connectivity index (χ2n) is 5.89. The van der Waals surface area contributed by atoms with Crippen molar-refractivity contribution in [1.29, 1.82) is 0 Å². The van der Waals surface area contributed by atoms with Gasteiger partial charge in [-0.1, -0.05) is 23.2 Å². The maximum Gasteiger partial charge on any atom is 0.340 e. The Kier molecular flexibility index (Phi) is 5.84. The molecule has 2 aromatic rings. The van der Waals surface area contributed by atoms with Gasteiger partial charge in [-0.15, -0.1) is 0 Å². The SMILES string of the molecule is COC(=O)c1cc(Cl)c(OC2CCN(c3ccc(Cl)cn3)CC2)cc1F. The molecule has 0 saturated carbocycles. The standard InChI is InChI=1S/C18H17Cl2FN2O3/c1-25-18(24)13-8-14(20)16(9-15(13)21)26-12-4-6-23(7-5-12)17-3-2-11(19)10-22-17/h2-3,8-10,12H,4-7H2,1H3. The van der Waals surface area contributed by atoms with Crippen molar-refractivity contribution >= 4 is 35.0 Å². The van der Waals surface area contributed by atoms with Crippen molar-refractivity contribution in [1.82, 2.24) is 4.98 Å². The van der Waals surface area contributed by atoms with Crippen LogP contribution in [0, 0.1) is 5.82 Å². The number of ether oxygens (including phenoxy) is 2. The van der Waals surface area contributed by atoms with E-state index in [1.807, 2.05) is 6.07 Å². The van der Waals surface area contributed by atoms with E-state index in [-0.39, 0.29) is 22.4 Å². The summed E-state index contributed by atoms with van der Waals surface area (Å²) in [6, 6.07) is 6.03. The Bertz CT molecular complexity index is 794. The van der Waals surface area contributed by atoms with E-state index in [2.05, 4.69) is 14.6 Å². The summed E-state index contributed by atoms with van der Waals surface area (Å²) in [6.07, 6.45) is 2.99. The van der Waals surface area contributed by atoms with E-state index < -0.39 is 11.8 Å². The predicted molar refractivity (Wildman–Crippen MR) is 97.9 cm³/mol. The molecule has 5 nitrogen and oxygen atoms in total. The average molecular weight is 399 g/mol. The van der Waals surface area contributed by atoms with E-state index >= 15 is 0 Å². The zero-order valence-electron chi connectivity index (χ0n) is 14.0. The zero-order valence-corrected chi connectivity index (χ0v) is 15.6. The Morgan fingerprint density at radius 1 is 1.27 bits per heavy atom. The van der Waals surface area contributed by atoms with Gasteiger partial charge in [-0.25, -0.2) is 14.2 Å². The second kappa shape index (κ2) is 8.10. The number of pyridine rings is 1. The summed E-state index contributed by atoms with van der Waals surface area (Å²) in [4.78, 5) is 17.9. The van der Waals surface area contributed by atoms with Gasteiger partial charge in [0.1, 0.15) is 23.5 Å². The summed E-state index contributed by atoms with van der Waals surface area (Å²) in [5.41, 5.74) is -0.214. The van der Waals surface area contributed by atoms with E-state index in [9.17, 15) is 9.18 Å². The first kappa shape index (κ1) is 18.7. The molecule has 0 bridgehead atoms. The molecule has 1 aliphatic heterocycles. The Balaban J connectivity index is 1.63. The van der Waals surface area contributed by atoms with Crippen molar-refractivity contribution in [3.05, 3.63) is 51.9 Å². The van der Waals surface area contributed by atoms with Crippen molar-refractivity contribution < 1.29 is 18.7 Å². The number of piperidine rings is 1. The number of hydrogen-bond acceptors (Lipinski definition) is 5. The van der Waals surface area contributed by atoms with Crippen molar-refractivity contribution in [2.75, 3.05) is 25.1 Å². The number of anilines is 1. The molecule has 0 aliphatic carbocycles. The number of hydrogen-bond donors (Lipinski definition) is 0. The van der Waals surface area contributed by atoms with Crippen LogP contribution < -0.4 is 9.64 Å². The zero-order chi connectivity index (χ0) is 18.7. The molecular formula is C18H17Cl2FN2O3. The third-order valence-electron chi connectivity index (χ3n) is 4.20. The van der Waals surface area contributed by atoms with E-state index in [1.165, 1.54) is 13.2 Å². The molecule has 1 aromatic carbocycles. The molecule has 0 amide bonds. The van der Waals surface area contributed by atoms with Crippen molar-refractivity contribution in [3.8, 4) is 5.75 Å². The highest BCUT2D eigenvalue weighted by atomic mass is 35.5. The van der Waals surface area contributed by atoms with Gasteiger partial charge in [0.15, 0.2) is 0 Å². The maximum atomic E-state index is 14.1. The fraction of sp³-hybridized carbons (Fsp3) is 0.333. The molecule has 1 saturated heterocycles. The van der Waals surface area contributed by atoms with Gasteiger partial charge in [0.25, 0.3) is 0 Å². The number of halogens is 3. The number of nitrogens with zero attached hydrogens (tertiary/aromatic N) is 2. The Morgan fingerprint density at radius 2 is 2.00 bits per heavy atom. The molecule has 3 rings (SSSR count). The van der Waals surface area contributed by atoms with Crippen LogP contribution in [0.4, 0.5) is 10.2 Å². The van der Waals surface area contributed by atoms with Crippen LogP contribution in [0.25, 0.3) is 0 Å². The summed E-state index contributed by atoms with van der Waals surface area (Å²) in [5, 5.41) is 0.771. The minimum atomic E-state index is -0.778. The Labute approximate surface area is 160 Å². The van der Waals surface area contributed by atoms with Gasteiger partial charge in [-0.2, -0.15) is 0 Å². The number of carbonyl (C=O) groups excluding carboxylic acids is 1. The number of benzene rings is 1. The summed E-state index contributed by atoms with van der Waals surface area (Å²) >= 11 is 12.0. The lowest BCUT2D eigenvalue weighted by molar-refractivity contribution is 0.0595. The summed E-state index contributed by atoms with van der Waals surface area (Å²) in [6.45, 7) is 1.50. The van der Waals surface area contributed by atoms with Crippen LogP contribution in [-0.2, 0) is 4.74 Å². The van der Waals surface area contributed by atoms with E-state index in [0.717, 1.165) is 37.8 Å². The third kappa shape index (κ3) is 4.19. The molecule has 8 heteroatoms. The fourth-order valence-electron chi connectivity index (χ4n) is 2.82. The van der Waals surface area contributed by atoms with Gasteiger partial charge in [-0.05, 0) is 18.2 Å². The molecule has 1 aromatic heterocycles. The Morgan fingerprint density at radius 3 is 2.62 bits per heavy atom. The lowest BCUT2D eigenvalue weighted by atomic mass is 10.1. The minimum Gasteiger partial charge on any atom is -0.489 e. The summed E-state index contributed by atoms with van der Waals surface area (Å²) in [7, 11) is 1.18. The van der Waals surface area contributed by atoms with Gasteiger partial charge < -0.3 is 14.4 Å². The van der Waals surface area contributed by atoms with Crippen LogP contribution in [0.3, 0.4) is 0 Å². The molecule has 0 N–H and O–H groups in total. The average Bonchev–Trinajstić information content (AvgIpc) is 2.65. The van der Waals surface area contributed by atoms with E-state index in [4.69, 9.17) is 27.9 Å². The van der Waals surface area contributed by atoms with Crippen LogP contribution in [0.5, 0.6) is 5.75 Å². The van der Waals surface area contributed by atoms with Crippen molar-refractivity contribution in [2.45, 2.75) is 18.9 Å².